The molecular formula is C13H24N2O2+. The molecule has 4 nitrogen and oxygen atoms in total. The number of amidine groups is 1. The number of aliphatic hydroxyl groups excluding tert-OH is 1. The average Bonchev–Trinajstić information content (AvgIpc) is 2.65. The predicted molar refractivity (Wildman–Crippen MR) is 69.6 cm³/mol. The van der Waals surface area contributed by atoms with Crippen LogP contribution in [0, 0.1) is 0 Å². The summed E-state index contributed by atoms with van der Waals surface area (Å²) in [6.07, 6.45) is 4.59. The molecule has 1 unspecified atom stereocenters. The maximum Gasteiger partial charge on any atom is 0.298 e. The molecule has 4 heteroatoms. The first-order valence-corrected chi connectivity index (χ1v) is 6.45. The third-order valence-electron chi connectivity index (χ3n) is 2.66. The zero-order valence-electron chi connectivity index (χ0n) is 11.1. The number of ether oxygens (including phenoxy) is 1. The highest BCUT2D eigenvalue weighted by Gasteiger charge is 2.27. The predicted octanol–water partition coefficient (Wildman–Crippen LogP) is 1.49. The summed E-state index contributed by atoms with van der Waals surface area (Å²) in [6.45, 7) is 7.87. The van der Waals surface area contributed by atoms with Crippen molar-refractivity contribution in [2.45, 2.75) is 46.1 Å². The zero-order chi connectivity index (χ0) is 12.7. The smallest absolute Gasteiger partial charge is 0.298 e. The Morgan fingerprint density at radius 1 is 1.47 bits per heavy atom. The Kier molecular flexibility index (Phi) is 6.22. The van der Waals surface area contributed by atoms with E-state index < -0.39 is 6.10 Å². The molecule has 0 aromatic rings. The Bertz CT molecular complexity index is 287. The monoisotopic (exact) mass is 240 g/mol. The van der Waals surface area contributed by atoms with Crippen LogP contribution in [0.4, 0.5) is 0 Å². The van der Waals surface area contributed by atoms with Crippen molar-refractivity contribution in [2.24, 2.45) is 0 Å². The first-order valence-electron chi connectivity index (χ1n) is 6.45. The number of unbranched alkanes of at least 4 members (excludes halogenated alkanes) is 1. The molecule has 1 radical (unpaired) electrons. The van der Waals surface area contributed by atoms with Crippen molar-refractivity contribution in [3.05, 3.63) is 11.9 Å². The lowest BCUT2D eigenvalue weighted by Crippen LogP contribution is -2.34. The summed E-state index contributed by atoms with van der Waals surface area (Å²) in [4.78, 5) is 6.42. The van der Waals surface area contributed by atoms with E-state index in [0.717, 1.165) is 37.4 Å². The lowest BCUT2D eigenvalue weighted by molar-refractivity contribution is 0.0294. The molecule has 0 aliphatic carbocycles. The number of β-amino-alcohol motifs (C(OH)–C–C–N with tert-alkyl or cyclic N) is 1. The standard InChI is InChI=1S/C13H24N2O2/c1-4-6-7-17-10-12(16)9-15-8-11(3)14-13(15)5-2/h8,12,16H,4-7,9-10H2,1-3H3/q+1. The average molecular weight is 240 g/mol. The maximum atomic E-state index is 9.86. The van der Waals surface area contributed by atoms with Crippen molar-refractivity contribution in [3.63, 3.8) is 0 Å². The van der Waals surface area contributed by atoms with Crippen molar-refractivity contribution in [1.82, 2.24) is 9.89 Å². The Balaban J connectivity index is 2.26. The SMILES string of the molecule is CCCCOCC(O)CN1C=C(C)[N+]=C1CC. The van der Waals surface area contributed by atoms with Crippen LogP contribution in [-0.4, -0.2) is 41.7 Å². The lowest BCUT2D eigenvalue weighted by Gasteiger charge is -2.14. The molecule has 97 valence electrons. The van der Waals surface area contributed by atoms with E-state index in [-0.39, 0.29) is 0 Å². The van der Waals surface area contributed by atoms with Gasteiger partial charge in [-0.25, -0.2) is 4.90 Å². The van der Waals surface area contributed by atoms with Crippen LogP contribution in [0.25, 0.3) is 0 Å². The first kappa shape index (κ1) is 14.2. The van der Waals surface area contributed by atoms with E-state index in [1.807, 2.05) is 18.0 Å². The van der Waals surface area contributed by atoms with E-state index in [1.54, 1.807) is 0 Å². The minimum absolute atomic E-state index is 0.403. The van der Waals surface area contributed by atoms with E-state index >= 15 is 0 Å². The van der Waals surface area contributed by atoms with Gasteiger partial charge in [0, 0.05) is 13.5 Å². The summed E-state index contributed by atoms with van der Waals surface area (Å²) >= 11 is 0. The van der Waals surface area contributed by atoms with Gasteiger partial charge >= 0.3 is 0 Å². The van der Waals surface area contributed by atoms with Gasteiger partial charge in [0.15, 0.2) is 5.70 Å². The van der Waals surface area contributed by atoms with E-state index in [4.69, 9.17) is 4.74 Å². The molecule has 1 N–H and O–H groups in total. The summed E-state index contributed by atoms with van der Waals surface area (Å²) in [5.41, 5.74) is 1.00. The largest absolute Gasteiger partial charge is 0.387 e. The minimum Gasteiger partial charge on any atom is -0.387 e. The lowest BCUT2D eigenvalue weighted by atomic mass is 10.3. The van der Waals surface area contributed by atoms with Crippen LogP contribution < -0.4 is 4.99 Å². The molecule has 0 saturated carbocycles. The van der Waals surface area contributed by atoms with Crippen molar-refractivity contribution in [1.29, 1.82) is 0 Å². The number of allylic oxidation sites excluding steroid dienone is 1. The second-order valence-electron chi connectivity index (χ2n) is 4.39. The number of hydrogen-bond acceptors (Lipinski definition) is 4. The summed E-state index contributed by atoms with van der Waals surface area (Å²) in [6, 6.07) is 0. The second kappa shape index (κ2) is 7.45. The second-order valence-corrected chi connectivity index (χ2v) is 4.39. The molecule has 1 aliphatic rings. The summed E-state index contributed by atoms with van der Waals surface area (Å²) < 4.78 is 5.40. The molecule has 1 atom stereocenters. The Morgan fingerprint density at radius 3 is 2.88 bits per heavy atom. The maximum absolute atomic E-state index is 9.86. The third-order valence-corrected chi connectivity index (χ3v) is 2.66. The molecule has 0 amide bonds. The summed E-state index contributed by atoms with van der Waals surface area (Å²) in [7, 11) is 0. The Morgan fingerprint density at radius 2 is 2.24 bits per heavy atom. The molecule has 0 bridgehead atoms. The fraction of sp³-hybridized carbons (Fsp3) is 0.769. The first-order chi connectivity index (χ1) is 8.17. The van der Waals surface area contributed by atoms with E-state index in [0.29, 0.717) is 13.2 Å². The third kappa shape index (κ3) is 4.88. The van der Waals surface area contributed by atoms with Gasteiger partial charge in [-0.3, -0.25) is 0 Å². The molecule has 1 heterocycles. The molecule has 0 spiro atoms. The molecule has 1 rings (SSSR count). The van der Waals surface area contributed by atoms with Gasteiger partial charge in [0.05, 0.1) is 13.0 Å². The molecule has 0 saturated heterocycles. The van der Waals surface area contributed by atoms with Crippen LogP contribution in [0.15, 0.2) is 11.9 Å². The zero-order valence-corrected chi connectivity index (χ0v) is 11.1. The molecule has 1 aliphatic heterocycles. The summed E-state index contributed by atoms with van der Waals surface area (Å²) in [5, 5.41) is 9.86. The molecule has 0 aromatic carbocycles. The van der Waals surface area contributed by atoms with Crippen molar-refractivity contribution in [3.8, 4) is 0 Å². The van der Waals surface area contributed by atoms with E-state index in [9.17, 15) is 5.11 Å². The van der Waals surface area contributed by atoms with Crippen LogP contribution in [0.1, 0.15) is 40.0 Å². The fourth-order valence-corrected chi connectivity index (χ4v) is 1.78. The van der Waals surface area contributed by atoms with E-state index in [2.05, 4.69) is 18.8 Å². The molecular weight excluding hydrogens is 216 g/mol. The van der Waals surface area contributed by atoms with Gasteiger partial charge < -0.3 is 9.84 Å². The van der Waals surface area contributed by atoms with Crippen LogP contribution in [0.3, 0.4) is 0 Å². The highest BCUT2D eigenvalue weighted by molar-refractivity contribution is 5.84. The quantitative estimate of drug-likeness (QED) is 0.654. The number of aliphatic imine (C=N–C) groups is 1. The normalized spacial score (nSPS) is 17.1. The van der Waals surface area contributed by atoms with Gasteiger partial charge in [-0.2, -0.15) is 0 Å². The van der Waals surface area contributed by atoms with Gasteiger partial charge in [0.1, 0.15) is 18.8 Å². The molecule has 0 aromatic heterocycles. The Hall–Kier alpha value is -0.870. The van der Waals surface area contributed by atoms with Gasteiger partial charge in [0.25, 0.3) is 5.84 Å². The number of hydrogen-bond donors (Lipinski definition) is 1. The van der Waals surface area contributed by atoms with Crippen molar-refractivity contribution >= 4 is 5.84 Å². The van der Waals surface area contributed by atoms with Crippen molar-refractivity contribution in [2.75, 3.05) is 19.8 Å². The number of aliphatic hydroxyl groups is 1. The number of rotatable bonds is 8. The van der Waals surface area contributed by atoms with Gasteiger partial charge in [-0.05, 0) is 11.4 Å². The van der Waals surface area contributed by atoms with Gasteiger partial charge in [-0.1, -0.05) is 20.3 Å². The highest BCUT2D eigenvalue weighted by Crippen LogP contribution is 2.07. The minimum atomic E-state index is -0.453. The van der Waals surface area contributed by atoms with Crippen molar-refractivity contribution < 1.29 is 9.84 Å². The molecule has 0 fully saturated rings. The topological polar surface area (TPSA) is 46.8 Å². The Labute approximate surface area is 104 Å². The van der Waals surface area contributed by atoms with Gasteiger partial charge in [-0.15, -0.1) is 0 Å². The summed E-state index contributed by atoms with van der Waals surface area (Å²) in [5.74, 6) is 1.02. The van der Waals surface area contributed by atoms with Crippen LogP contribution in [0.2, 0.25) is 0 Å². The van der Waals surface area contributed by atoms with Crippen LogP contribution >= 0.6 is 0 Å². The van der Waals surface area contributed by atoms with Crippen LogP contribution in [-0.2, 0) is 4.74 Å². The molecule has 17 heavy (non-hydrogen) atoms. The van der Waals surface area contributed by atoms with Crippen LogP contribution in [0.5, 0.6) is 0 Å². The fourth-order valence-electron chi connectivity index (χ4n) is 1.78. The van der Waals surface area contributed by atoms with Gasteiger partial charge in [0.2, 0.25) is 0 Å². The highest BCUT2D eigenvalue weighted by atomic mass is 16.5. The number of nitrogens with zero attached hydrogens (tertiary/aromatic N) is 2. The van der Waals surface area contributed by atoms with E-state index in [1.165, 1.54) is 0 Å².